The first-order valence-corrected chi connectivity index (χ1v) is 8.66. The zero-order valence-electron chi connectivity index (χ0n) is 15.4. The summed E-state index contributed by atoms with van der Waals surface area (Å²) in [6, 6.07) is 3.93. The summed E-state index contributed by atoms with van der Waals surface area (Å²) in [6.45, 7) is 2.17. The lowest BCUT2D eigenvalue weighted by Crippen LogP contribution is -2.40. The van der Waals surface area contributed by atoms with Gasteiger partial charge in [-0.3, -0.25) is 14.5 Å². The van der Waals surface area contributed by atoms with Gasteiger partial charge in [0.1, 0.15) is 0 Å². The summed E-state index contributed by atoms with van der Waals surface area (Å²) >= 11 is 0. The van der Waals surface area contributed by atoms with E-state index in [1.165, 1.54) is 9.80 Å². The zero-order valence-corrected chi connectivity index (χ0v) is 15.4. The van der Waals surface area contributed by atoms with Crippen LogP contribution in [0.1, 0.15) is 23.7 Å². The number of amides is 2. The molecule has 6 nitrogen and oxygen atoms in total. The van der Waals surface area contributed by atoms with Crippen molar-refractivity contribution in [2.24, 2.45) is 0 Å². The third kappa shape index (κ3) is 5.67. The molecule has 1 aromatic rings. The molecule has 1 aromatic carbocycles. The van der Waals surface area contributed by atoms with E-state index in [0.29, 0.717) is 32.6 Å². The SMILES string of the molecule is CN(C)C(=O)CN1CCCN(C(=O)C(O)c2ccc(C(F)(F)F)cc2)CC1. The lowest BCUT2D eigenvalue weighted by Gasteiger charge is -2.24. The number of aliphatic hydroxyl groups is 1. The summed E-state index contributed by atoms with van der Waals surface area (Å²) < 4.78 is 37.9. The molecule has 2 amide bonds. The topological polar surface area (TPSA) is 64.1 Å². The Morgan fingerprint density at radius 1 is 1.11 bits per heavy atom. The van der Waals surface area contributed by atoms with Crippen LogP contribution in [0.15, 0.2) is 24.3 Å². The smallest absolute Gasteiger partial charge is 0.378 e. The van der Waals surface area contributed by atoms with Gasteiger partial charge in [0, 0.05) is 40.3 Å². The first kappa shape index (κ1) is 21.2. The van der Waals surface area contributed by atoms with Gasteiger partial charge >= 0.3 is 6.18 Å². The number of benzene rings is 1. The fourth-order valence-electron chi connectivity index (χ4n) is 2.85. The van der Waals surface area contributed by atoms with E-state index in [0.717, 1.165) is 24.3 Å². The Balaban J connectivity index is 1.97. The number of aliphatic hydroxyl groups excluding tert-OH is 1. The maximum Gasteiger partial charge on any atom is 0.416 e. The second-order valence-electron chi connectivity index (χ2n) is 6.77. The molecule has 1 aliphatic rings. The molecule has 1 heterocycles. The maximum atomic E-state index is 12.6. The Bertz CT molecular complexity index is 662. The van der Waals surface area contributed by atoms with Gasteiger partial charge in [0.05, 0.1) is 12.1 Å². The predicted octanol–water partition coefficient (Wildman–Crippen LogP) is 1.36. The van der Waals surface area contributed by atoms with Crippen LogP contribution in [-0.4, -0.2) is 78.4 Å². The monoisotopic (exact) mass is 387 g/mol. The van der Waals surface area contributed by atoms with E-state index in [1.54, 1.807) is 14.1 Å². The molecule has 1 saturated heterocycles. The minimum absolute atomic E-state index is 0.0282. The Morgan fingerprint density at radius 2 is 1.74 bits per heavy atom. The average molecular weight is 387 g/mol. The van der Waals surface area contributed by atoms with Gasteiger partial charge in [-0.1, -0.05) is 12.1 Å². The Hall–Kier alpha value is -2.13. The number of nitrogens with zero attached hydrogens (tertiary/aromatic N) is 3. The molecule has 9 heteroatoms. The normalized spacial score (nSPS) is 17.3. The fraction of sp³-hybridized carbons (Fsp3) is 0.556. The van der Waals surface area contributed by atoms with Crippen LogP contribution in [0.4, 0.5) is 13.2 Å². The Labute approximate surface area is 156 Å². The van der Waals surface area contributed by atoms with Crippen molar-refractivity contribution in [2.75, 3.05) is 46.8 Å². The molecule has 2 rings (SSSR count). The van der Waals surface area contributed by atoms with E-state index in [2.05, 4.69) is 0 Å². The largest absolute Gasteiger partial charge is 0.416 e. The molecular weight excluding hydrogens is 363 g/mol. The van der Waals surface area contributed by atoms with Crippen LogP contribution in [0.2, 0.25) is 0 Å². The summed E-state index contributed by atoms with van der Waals surface area (Å²) in [5.74, 6) is -0.574. The molecule has 1 N–H and O–H groups in total. The van der Waals surface area contributed by atoms with Gasteiger partial charge in [0.15, 0.2) is 6.10 Å². The van der Waals surface area contributed by atoms with Gasteiger partial charge in [0.25, 0.3) is 5.91 Å². The van der Waals surface area contributed by atoms with E-state index < -0.39 is 23.8 Å². The average Bonchev–Trinajstić information content (AvgIpc) is 2.85. The van der Waals surface area contributed by atoms with Gasteiger partial charge in [0.2, 0.25) is 5.91 Å². The number of halogens is 3. The molecule has 0 bridgehead atoms. The highest BCUT2D eigenvalue weighted by molar-refractivity contribution is 5.82. The van der Waals surface area contributed by atoms with Crippen LogP contribution < -0.4 is 0 Å². The van der Waals surface area contributed by atoms with Gasteiger partial charge < -0.3 is 14.9 Å². The van der Waals surface area contributed by atoms with E-state index in [1.807, 2.05) is 4.90 Å². The summed E-state index contributed by atoms with van der Waals surface area (Å²) in [6.07, 6.45) is -5.33. The predicted molar refractivity (Wildman–Crippen MR) is 92.7 cm³/mol. The minimum atomic E-state index is -4.47. The van der Waals surface area contributed by atoms with Gasteiger partial charge in [-0.05, 0) is 24.1 Å². The first-order valence-electron chi connectivity index (χ1n) is 8.66. The summed E-state index contributed by atoms with van der Waals surface area (Å²) in [5.41, 5.74) is -0.709. The number of rotatable bonds is 4. The number of likely N-dealkylation sites (N-methyl/N-ethyl adjacent to an activating group) is 1. The van der Waals surface area contributed by atoms with Crippen LogP contribution in [0, 0.1) is 0 Å². The first-order chi connectivity index (χ1) is 12.6. The summed E-state index contributed by atoms with van der Waals surface area (Å²) in [7, 11) is 3.35. The quantitative estimate of drug-likeness (QED) is 0.848. The van der Waals surface area contributed by atoms with Gasteiger partial charge in [-0.15, -0.1) is 0 Å². The molecular formula is C18H24F3N3O3. The number of hydrogen-bond acceptors (Lipinski definition) is 4. The third-order valence-electron chi connectivity index (χ3n) is 4.55. The molecule has 0 saturated carbocycles. The van der Waals surface area contributed by atoms with E-state index in [-0.39, 0.29) is 18.0 Å². The summed E-state index contributed by atoms with van der Waals surface area (Å²) in [5, 5.41) is 10.3. The molecule has 1 unspecified atom stereocenters. The van der Waals surface area contributed by atoms with Crippen molar-refractivity contribution in [3.05, 3.63) is 35.4 Å². The number of carbonyl (C=O) groups excluding carboxylic acids is 2. The zero-order chi connectivity index (χ0) is 20.2. The highest BCUT2D eigenvalue weighted by Crippen LogP contribution is 2.30. The minimum Gasteiger partial charge on any atom is -0.378 e. The van der Waals surface area contributed by atoms with Gasteiger partial charge in [-0.2, -0.15) is 13.2 Å². The molecule has 0 radical (unpaired) electrons. The van der Waals surface area contributed by atoms with E-state index >= 15 is 0 Å². The van der Waals surface area contributed by atoms with Crippen LogP contribution in [-0.2, 0) is 15.8 Å². The van der Waals surface area contributed by atoms with Crippen LogP contribution in [0.5, 0.6) is 0 Å². The molecule has 150 valence electrons. The standard InChI is InChI=1S/C18H24F3N3O3/c1-22(2)15(25)12-23-8-3-9-24(11-10-23)17(27)16(26)13-4-6-14(7-5-13)18(19,20)21/h4-7,16,26H,3,8-12H2,1-2H3. The number of alkyl halides is 3. The Kier molecular flexibility index (Phi) is 6.83. The van der Waals surface area contributed by atoms with Crippen LogP contribution in [0.25, 0.3) is 0 Å². The number of hydrogen-bond donors (Lipinski definition) is 1. The van der Waals surface area contributed by atoms with Crippen molar-refractivity contribution in [3.63, 3.8) is 0 Å². The lowest BCUT2D eigenvalue weighted by molar-refractivity contribution is -0.140. The third-order valence-corrected chi connectivity index (χ3v) is 4.55. The fourth-order valence-corrected chi connectivity index (χ4v) is 2.85. The second kappa shape index (κ2) is 8.71. The van der Waals surface area contributed by atoms with E-state index in [4.69, 9.17) is 0 Å². The van der Waals surface area contributed by atoms with Crippen molar-refractivity contribution >= 4 is 11.8 Å². The molecule has 1 aliphatic heterocycles. The molecule has 0 spiro atoms. The maximum absolute atomic E-state index is 12.6. The molecule has 0 aliphatic carbocycles. The highest BCUT2D eigenvalue weighted by Gasteiger charge is 2.31. The van der Waals surface area contributed by atoms with Crippen molar-refractivity contribution in [3.8, 4) is 0 Å². The van der Waals surface area contributed by atoms with Crippen molar-refractivity contribution < 1.29 is 27.9 Å². The molecule has 1 fully saturated rings. The van der Waals surface area contributed by atoms with Gasteiger partial charge in [-0.25, -0.2) is 0 Å². The molecule has 27 heavy (non-hydrogen) atoms. The lowest BCUT2D eigenvalue weighted by atomic mass is 10.1. The van der Waals surface area contributed by atoms with Crippen molar-refractivity contribution in [2.45, 2.75) is 18.7 Å². The van der Waals surface area contributed by atoms with Crippen LogP contribution >= 0.6 is 0 Å². The van der Waals surface area contributed by atoms with E-state index in [9.17, 15) is 27.9 Å². The molecule has 1 atom stereocenters. The number of carbonyl (C=O) groups is 2. The molecule has 0 aromatic heterocycles. The van der Waals surface area contributed by atoms with Crippen molar-refractivity contribution in [1.82, 2.24) is 14.7 Å². The van der Waals surface area contributed by atoms with Crippen molar-refractivity contribution in [1.29, 1.82) is 0 Å². The summed E-state index contributed by atoms with van der Waals surface area (Å²) in [4.78, 5) is 29.3. The second-order valence-corrected chi connectivity index (χ2v) is 6.77. The highest BCUT2D eigenvalue weighted by atomic mass is 19.4. The van der Waals surface area contributed by atoms with Crippen LogP contribution in [0.3, 0.4) is 0 Å². The Morgan fingerprint density at radius 3 is 2.30 bits per heavy atom.